The zero-order valence-corrected chi connectivity index (χ0v) is 15.8. The lowest BCUT2D eigenvalue weighted by molar-refractivity contribution is -0.120. The summed E-state index contributed by atoms with van der Waals surface area (Å²) in [6.45, 7) is 7.21. The zero-order valence-electron chi connectivity index (χ0n) is 15.0. The molecule has 1 N–H and O–H groups in total. The van der Waals surface area contributed by atoms with Gasteiger partial charge in [0.25, 0.3) is 0 Å². The average molecular weight is 363 g/mol. The van der Waals surface area contributed by atoms with E-state index < -0.39 is 0 Å². The van der Waals surface area contributed by atoms with Crippen molar-refractivity contribution in [1.29, 1.82) is 0 Å². The molecule has 0 aliphatic carbocycles. The number of fused-ring (bicyclic) bond motifs is 1. The fraction of sp³-hybridized carbons (Fsp3) is 0.647. The van der Waals surface area contributed by atoms with Crippen molar-refractivity contribution in [1.82, 2.24) is 25.1 Å². The minimum absolute atomic E-state index is 0.0577. The Morgan fingerprint density at radius 1 is 1.24 bits per heavy atom. The van der Waals surface area contributed by atoms with E-state index in [2.05, 4.69) is 22.2 Å². The summed E-state index contributed by atoms with van der Waals surface area (Å²) in [5.41, 5.74) is 0.859. The Labute approximate surface area is 152 Å². The second-order valence-electron chi connectivity index (χ2n) is 6.12. The SMILES string of the molecule is CCSc1nc(N2CCCCC2)c2cnn(CCNC(=O)CC)c2n1. The molecule has 3 rings (SSSR count). The van der Waals surface area contributed by atoms with E-state index >= 15 is 0 Å². The number of amides is 1. The van der Waals surface area contributed by atoms with Crippen LogP contribution in [0.25, 0.3) is 11.0 Å². The summed E-state index contributed by atoms with van der Waals surface area (Å²) >= 11 is 1.65. The highest BCUT2D eigenvalue weighted by Gasteiger charge is 2.19. The average Bonchev–Trinajstić information content (AvgIpc) is 3.05. The number of carbonyl (C=O) groups is 1. The van der Waals surface area contributed by atoms with E-state index in [9.17, 15) is 4.79 Å². The first-order valence-corrected chi connectivity index (χ1v) is 10.1. The number of hydrogen-bond donors (Lipinski definition) is 1. The van der Waals surface area contributed by atoms with Crippen LogP contribution in [0.3, 0.4) is 0 Å². The fourth-order valence-electron chi connectivity index (χ4n) is 3.05. The number of thioether (sulfide) groups is 1. The molecule has 1 amide bonds. The molecule has 1 saturated heterocycles. The Balaban J connectivity index is 1.89. The number of nitrogens with one attached hydrogen (secondary N) is 1. The molecule has 0 atom stereocenters. The van der Waals surface area contributed by atoms with Gasteiger partial charge in [0, 0.05) is 26.1 Å². The van der Waals surface area contributed by atoms with Crippen molar-refractivity contribution >= 4 is 34.5 Å². The Kier molecular flexibility index (Phi) is 6.12. The van der Waals surface area contributed by atoms with E-state index in [1.54, 1.807) is 11.8 Å². The lowest BCUT2D eigenvalue weighted by Crippen LogP contribution is -2.30. The maximum Gasteiger partial charge on any atom is 0.219 e. The Hall–Kier alpha value is -1.83. The molecule has 0 bridgehead atoms. The molecular formula is C17H26N6OS. The van der Waals surface area contributed by atoms with Gasteiger partial charge in [-0.05, 0) is 25.0 Å². The molecule has 7 nitrogen and oxygen atoms in total. The van der Waals surface area contributed by atoms with Gasteiger partial charge in [0.15, 0.2) is 10.8 Å². The first-order valence-electron chi connectivity index (χ1n) is 9.11. The highest BCUT2D eigenvalue weighted by molar-refractivity contribution is 7.99. The summed E-state index contributed by atoms with van der Waals surface area (Å²) in [5, 5.41) is 9.20. The monoisotopic (exact) mass is 362 g/mol. The summed E-state index contributed by atoms with van der Waals surface area (Å²) in [7, 11) is 0. The second-order valence-corrected chi connectivity index (χ2v) is 7.35. The van der Waals surface area contributed by atoms with E-state index in [0.29, 0.717) is 19.5 Å². The fourth-order valence-corrected chi connectivity index (χ4v) is 3.61. The highest BCUT2D eigenvalue weighted by Crippen LogP contribution is 2.29. The lowest BCUT2D eigenvalue weighted by atomic mass is 10.1. The number of hydrogen-bond acceptors (Lipinski definition) is 6. The highest BCUT2D eigenvalue weighted by atomic mass is 32.2. The van der Waals surface area contributed by atoms with Crippen molar-refractivity contribution in [3.63, 3.8) is 0 Å². The van der Waals surface area contributed by atoms with Crippen LogP contribution in [0.5, 0.6) is 0 Å². The van der Waals surface area contributed by atoms with Crippen LogP contribution in [0.4, 0.5) is 5.82 Å². The molecule has 0 radical (unpaired) electrons. The molecule has 25 heavy (non-hydrogen) atoms. The van der Waals surface area contributed by atoms with E-state index in [-0.39, 0.29) is 5.91 Å². The summed E-state index contributed by atoms with van der Waals surface area (Å²) in [4.78, 5) is 23.3. The number of piperidine rings is 1. The summed E-state index contributed by atoms with van der Waals surface area (Å²) in [6, 6.07) is 0. The summed E-state index contributed by atoms with van der Waals surface area (Å²) in [5.74, 6) is 2.00. The van der Waals surface area contributed by atoms with Gasteiger partial charge in [0.2, 0.25) is 5.91 Å². The molecule has 2 aromatic rings. The smallest absolute Gasteiger partial charge is 0.219 e. The number of nitrogens with zero attached hydrogens (tertiary/aromatic N) is 5. The first kappa shape index (κ1) is 18.0. The van der Waals surface area contributed by atoms with Crippen molar-refractivity contribution in [3.05, 3.63) is 6.20 Å². The minimum atomic E-state index is 0.0577. The van der Waals surface area contributed by atoms with Crippen molar-refractivity contribution in [3.8, 4) is 0 Å². The molecular weight excluding hydrogens is 336 g/mol. The molecule has 1 aliphatic heterocycles. The third kappa shape index (κ3) is 4.23. The van der Waals surface area contributed by atoms with Gasteiger partial charge in [-0.25, -0.2) is 14.6 Å². The van der Waals surface area contributed by atoms with Gasteiger partial charge in [0.1, 0.15) is 5.82 Å². The minimum Gasteiger partial charge on any atom is -0.356 e. The van der Waals surface area contributed by atoms with E-state index in [1.165, 1.54) is 19.3 Å². The molecule has 1 aliphatic rings. The molecule has 8 heteroatoms. The number of anilines is 1. The van der Waals surface area contributed by atoms with Crippen LogP contribution in [0.1, 0.15) is 39.5 Å². The van der Waals surface area contributed by atoms with Gasteiger partial charge in [-0.15, -0.1) is 0 Å². The maximum atomic E-state index is 11.4. The van der Waals surface area contributed by atoms with Crippen LogP contribution in [0.2, 0.25) is 0 Å². The van der Waals surface area contributed by atoms with Crippen LogP contribution < -0.4 is 10.2 Å². The lowest BCUT2D eigenvalue weighted by Gasteiger charge is -2.28. The molecule has 1 fully saturated rings. The van der Waals surface area contributed by atoms with Crippen molar-refractivity contribution in [2.75, 3.05) is 30.3 Å². The van der Waals surface area contributed by atoms with Gasteiger partial charge in [0.05, 0.1) is 18.1 Å². The van der Waals surface area contributed by atoms with Gasteiger partial charge in [-0.2, -0.15) is 5.10 Å². The molecule has 0 saturated carbocycles. The molecule has 3 heterocycles. The quantitative estimate of drug-likeness (QED) is 0.602. The largest absolute Gasteiger partial charge is 0.356 e. The third-order valence-corrected chi connectivity index (χ3v) is 5.08. The van der Waals surface area contributed by atoms with Gasteiger partial charge in [-0.1, -0.05) is 25.6 Å². The zero-order chi connectivity index (χ0) is 17.6. The normalized spacial score (nSPS) is 14.9. The van der Waals surface area contributed by atoms with E-state index in [4.69, 9.17) is 9.97 Å². The topological polar surface area (TPSA) is 75.9 Å². The van der Waals surface area contributed by atoms with Gasteiger partial charge < -0.3 is 10.2 Å². The number of aromatic nitrogens is 4. The molecule has 0 spiro atoms. The van der Waals surface area contributed by atoms with Crippen molar-refractivity contribution in [2.45, 2.75) is 51.2 Å². The van der Waals surface area contributed by atoms with Crippen LogP contribution in [0.15, 0.2) is 11.4 Å². The van der Waals surface area contributed by atoms with Crippen molar-refractivity contribution < 1.29 is 4.79 Å². The van der Waals surface area contributed by atoms with E-state index in [1.807, 2.05) is 17.8 Å². The first-order chi connectivity index (χ1) is 12.2. The summed E-state index contributed by atoms with van der Waals surface area (Å²) in [6.07, 6.45) is 6.06. The van der Waals surface area contributed by atoms with Crippen LogP contribution >= 0.6 is 11.8 Å². The number of carbonyl (C=O) groups excluding carboxylic acids is 1. The number of rotatable bonds is 7. The molecule has 0 aromatic carbocycles. The van der Waals surface area contributed by atoms with Gasteiger partial charge in [-0.3, -0.25) is 4.79 Å². The predicted octanol–water partition coefficient (Wildman–Crippen LogP) is 2.45. The maximum absolute atomic E-state index is 11.4. The molecule has 136 valence electrons. The van der Waals surface area contributed by atoms with Crippen molar-refractivity contribution in [2.24, 2.45) is 0 Å². The van der Waals surface area contributed by atoms with E-state index in [0.717, 1.165) is 40.9 Å². The Bertz CT molecular complexity index is 725. The van der Waals surface area contributed by atoms with Gasteiger partial charge >= 0.3 is 0 Å². The molecule has 2 aromatic heterocycles. The standard InChI is InChI=1S/C17H26N6OS/c1-3-14(24)18-8-11-23-16-13(12-19-23)15(20-17(21-16)25-4-2)22-9-6-5-7-10-22/h12H,3-11H2,1-2H3,(H,18,24). The Morgan fingerprint density at radius 3 is 2.76 bits per heavy atom. The molecule has 0 unspecified atom stereocenters. The van der Waals surface area contributed by atoms with Crippen LogP contribution in [0, 0.1) is 0 Å². The second kappa shape index (κ2) is 8.51. The third-order valence-electron chi connectivity index (χ3n) is 4.35. The van der Waals surface area contributed by atoms with Crippen LogP contribution in [-0.2, 0) is 11.3 Å². The Morgan fingerprint density at radius 2 is 2.04 bits per heavy atom. The van der Waals surface area contributed by atoms with Crippen LogP contribution in [-0.4, -0.2) is 51.0 Å². The summed E-state index contributed by atoms with van der Waals surface area (Å²) < 4.78 is 1.88. The predicted molar refractivity (Wildman–Crippen MR) is 101 cm³/mol.